The van der Waals surface area contributed by atoms with Crippen LogP contribution >= 0.6 is 0 Å². The maximum Gasteiger partial charge on any atom is 0.251 e. The van der Waals surface area contributed by atoms with Crippen LogP contribution in [0.15, 0.2) is 30.6 Å². The first kappa shape index (κ1) is 12.2. The smallest absolute Gasteiger partial charge is 0.251 e. The fourth-order valence-corrected chi connectivity index (χ4v) is 1.43. The van der Waals surface area contributed by atoms with Gasteiger partial charge in [0.25, 0.3) is 5.91 Å². The molecule has 1 aromatic heterocycles. The fraction of sp³-hybridized carbons (Fsp3) is 0.273. The number of rotatable bonds is 5. The van der Waals surface area contributed by atoms with Crippen molar-refractivity contribution in [3.8, 4) is 5.69 Å². The van der Waals surface area contributed by atoms with Crippen molar-refractivity contribution in [1.82, 2.24) is 25.5 Å². The number of hydrogen-bond acceptors (Lipinski definition) is 5. The van der Waals surface area contributed by atoms with E-state index in [0.29, 0.717) is 18.5 Å². The summed E-state index contributed by atoms with van der Waals surface area (Å²) in [6.07, 6.45) is 2.03. The maximum absolute atomic E-state index is 11.7. The zero-order valence-electron chi connectivity index (χ0n) is 9.65. The molecule has 2 aromatic rings. The van der Waals surface area contributed by atoms with Gasteiger partial charge >= 0.3 is 0 Å². The topological polar surface area (TPSA) is 92.9 Å². The average Bonchev–Trinajstić information content (AvgIpc) is 2.93. The Hall–Kier alpha value is -2.28. The van der Waals surface area contributed by atoms with Crippen molar-refractivity contribution in [2.75, 3.05) is 13.2 Å². The normalized spacial score (nSPS) is 10.3. The molecule has 0 aliphatic rings. The molecule has 18 heavy (non-hydrogen) atoms. The number of benzene rings is 1. The second kappa shape index (κ2) is 5.87. The summed E-state index contributed by atoms with van der Waals surface area (Å²) >= 11 is 0. The second-order valence-electron chi connectivity index (χ2n) is 3.63. The summed E-state index contributed by atoms with van der Waals surface area (Å²) in [5, 5.41) is 22.1. The van der Waals surface area contributed by atoms with Crippen molar-refractivity contribution in [2.24, 2.45) is 0 Å². The van der Waals surface area contributed by atoms with Crippen LogP contribution in [-0.4, -0.2) is 44.4 Å². The number of aliphatic hydroxyl groups excluding tert-OH is 1. The van der Waals surface area contributed by atoms with Gasteiger partial charge in [0.1, 0.15) is 6.33 Å². The molecule has 2 N–H and O–H groups in total. The molecule has 0 bridgehead atoms. The Morgan fingerprint density at radius 2 is 2.11 bits per heavy atom. The van der Waals surface area contributed by atoms with Gasteiger partial charge in [-0.05, 0) is 41.1 Å². The van der Waals surface area contributed by atoms with Gasteiger partial charge in [-0.2, -0.15) is 0 Å². The minimum atomic E-state index is -0.160. The number of amides is 1. The largest absolute Gasteiger partial charge is 0.396 e. The van der Waals surface area contributed by atoms with E-state index in [2.05, 4.69) is 20.8 Å². The number of carbonyl (C=O) groups excluding carboxylic acids is 1. The molecule has 94 valence electrons. The van der Waals surface area contributed by atoms with Crippen molar-refractivity contribution in [2.45, 2.75) is 6.42 Å². The SMILES string of the molecule is O=C(NCCCO)c1ccc(-n2cnnn2)cc1. The molecule has 0 aliphatic heterocycles. The summed E-state index contributed by atoms with van der Waals surface area (Å²) < 4.78 is 1.51. The molecule has 0 saturated carbocycles. The summed E-state index contributed by atoms with van der Waals surface area (Å²) in [5.74, 6) is -0.160. The van der Waals surface area contributed by atoms with Crippen LogP contribution in [-0.2, 0) is 0 Å². The number of aliphatic hydroxyl groups is 1. The average molecular weight is 247 g/mol. The van der Waals surface area contributed by atoms with Gasteiger partial charge in [-0.15, -0.1) is 5.10 Å². The van der Waals surface area contributed by atoms with Gasteiger partial charge < -0.3 is 10.4 Å². The molecule has 7 nitrogen and oxygen atoms in total. The molecule has 0 radical (unpaired) electrons. The van der Waals surface area contributed by atoms with Gasteiger partial charge in [-0.25, -0.2) is 4.68 Å². The van der Waals surface area contributed by atoms with Gasteiger partial charge in [0.2, 0.25) is 0 Å². The van der Waals surface area contributed by atoms with E-state index < -0.39 is 0 Å². The maximum atomic E-state index is 11.7. The van der Waals surface area contributed by atoms with Crippen molar-refractivity contribution in [1.29, 1.82) is 0 Å². The number of tetrazole rings is 1. The van der Waals surface area contributed by atoms with E-state index in [1.165, 1.54) is 11.0 Å². The van der Waals surface area contributed by atoms with Gasteiger partial charge in [0.05, 0.1) is 5.69 Å². The summed E-state index contributed by atoms with van der Waals surface area (Å²) in [6.45, 7) is 0.530. The Morgan fingerprint density at radius 3 is 2.72 bits per heavy atom. The van der Waals surface area contributed by atoms with Crippen LogP contribution in [0.5, 0.6) is 0 Å². The lowest BCUT2D eigenvalue weighted by Crippen LogP contribution is -2.24. The van der Waals surface area contributed by atoms with E-state index in [1.807, 2.05) is 0 Å². The van der Waals surface area contributed by atoms with Crippen LogP contribution in [0.4, 0.5) is 0 Å². The molecule has 0 fully saturated rings. The second-order valence-corrected chi connectivity index (χ2v) is 3.63. The molecular formula is C11H13N5O2. The molecule has 2 rings (SSSR count). The zero-order chi connectivity index (χ0) is 12.8. The quantitative estimate of drug-likeness (QED) is 0.712. The van der Waals surface area contributed by atoms with E-state index in [0.717, 1.165) is 5.69 Å². The predicted octanol–water partition coefficient (Wildman–Crippen LogP) is -0.226. The summed E-state index contributed by atoms with van der Waals surface area (Å²) in [5.41, 5.74) is 1.34. The molecule has 1 heterocycles. The molecule has 7 heteroatoms. The molecule has 0 spiro atoms. The molecule has 1 aromatic carbocycles. The molecule has 0 saturated heterocycles. The van der Waals surface area contributed by atoms with Crippen LogP contribution in [0.3, 0.4) is 0 Å². The van der Waals surface area contributed by atoms with Crippen LogP contribution in [0, 0.1) is 0 Å². The number of carbonyl (C=O) groups is 1. The summed E-state index contributed by atoms with van der Waals surface area (Å²) in [6, 6.07) is 6.92. The van der Waals surface area contributed by atoms with Crippen LogP contribution in [0.1, 0.15) is 16.8 Å². The first-order chi connectivity index (χ1) is 8.81. The lowest BCUT2D eigenvalue weighted by Gasteiger charge is -2.05. The minimum Gasteiger partial charge on any atom is -0.396 e. The van der Waals surface area contributed by atoms with Crippen LogP contribution < -0.4 is 5.32 Å². The van der Waals surface area contributed by atoms with Gasteiger partial charge in [0.15, 0.2) is 0 Å². The lowest BCUT2D eigenvalue weighted by atomic mass is 10.2. The third kappa shape index (κ3) is 2.89. The van der Waals surface area contributed by atoms with E-state index in [4.69, 9.17) is 5.11 Å². The molecular weight excluding hydrogens is 234 g/mol. The number of nitrogens with one attached hydrogen (secondary N) is 1. The van der Waals surface area contributed by atoms with Crippen LogP contribution in [0.25, 0.3) is 5.69 Å². The lowest BCUT2D eigenvalue weighted by molar-refractivity contribution is 0.0951. The van der Waals surface area contributed by atoms with Crippen molar-refractivity contribution in [3.63, 3.8) is 0 Å². The standard InChI is InChI=1S/C11H13N5O2/c17-7-1-6-12-11(18)9-2-4-10(5-3-9)16-8-13-14-15-16/h2-5,8,17H,1,6-7H2,(H,12,18). The van der Waals surface area contributed by atoms with Gasteiger partial charge in [-0.1, -0.05) is 0 Å². The highest BCUT2D eigenvalue weighted by molar-refractivity contribution is 5.94. The highest BCUT2D eigenvalue weighted by Gasteiger charge is 2.05. The third-order valence-electron chi connectivity index (χ3n) is 2.36. The predicted molar refractivity (Wildman–Crippen MR) is 63.2 cm³/mol. The van der Waals surface area contributed by atoms with E-state index in [-0.39, 0.29) is 12.5 Å². The summed E-state index contributed by atoms with van der Waals surface area (Å²) in [7, 11) is 0. The van der Waals surface area contributed by atoms with Gasteiger partial charge in [0, 0.05) is 18.7 Å². The first-order valence-corrected chi connectivity index (χ1v) is 5.54. The Balaban J connectivity index is 2.01. The van der Waals surface area contributed by atoms with Crippen molar-refractivity contribution < 1.29 is 9.90 Å². The van der Waals surface area contributed by atoms with Gasteiger partial charge in [-0.3, -0.25) is 4.79 Å². The third-order valence-corrected chi connectivity index (χ3v) is 2.36. The Labute approximate surface area is 103 Å². The van der Waals surface area contributed by atoms with Crippen molar-refractivity contribution in [3.05, 3.63) is 36.2 Å². The fourth-order valence-electron chi connectivity index (χ4n) is 1.43. The Morgan fingerprint density at radius 1 is 1.33 bits per heavy atom. The van der Waals surface area contributed by atoms with E-state index >= 15 is 0 Å². The Kier molecular flexibility index (Phi) is 3.98. The monoisotopic (exact) mass is 247 g/mol. The molecule has 1 amide bonds. The Bertz CT molecular complexity index is 495. The van der Waals surface area contributed by atoms with Crippen LogP contribution in [0.2, 0.25) is 0 Å². The highest BCUT2D eigenvalue weighted by atomic mass is 16.3. The van der Waals surface area contributed by atoms with E-state index in [9.17, 15) is 4.79 Å². The number of aromatic nitrogens is 4. The summed E-state index contributed by atoms with van der Waals surface area (Å²) in [4.78, 5) is 11.7. The number of nitrogens with zero attached hydrogens (tertiary/aromatic N) is 4. The highest BCUT2D eigenvalue weighted by Crippen LogP contribution is 2.07. The first-order valence-electron chi connectivity index (χ1n) is 5.54. The number of hydrogen-bond donors (Lipinski definition) is 2. The molecule has 0 atom stereocenters. The molecule has 0 aliphatic carbocycles. The zero-order valence-corrected chi connectivity index (χ0v) is 9.65. The molecule has 0 unspecified atom stereocenters. The van der Waals surface area contributed by atoms with Crippen molar-refractivity contribution >= 4 is 5.91 Å². The van der Waals surface area contributed by atoms with E-state index in [1.54, 1.807) is 24.3 Å². The minimum absolute atomic E-state index is 0.0680.